The summed E-state index contributed by atoms with van der Waals surface area (Å²) in [5, 5.41) is 9.56. The van der Waals surface area contributed by atoms with E-state index in [1.807, 2.05) is 31.2 Å². The van der Waals surface area contributed by atoms with Crippen molar-refractivity contribution in [3.63, 3.8) is 0 Å². The molecule has 94 valence electrons. The first-order valence-electron chi connectivity index (χ1n) is 6.11. The zero-order valence-electron chi connectivity index (χ0n) is 10.7. The van der Waals surface area contributed by atoms with Crippen LogP contribution in [0.3, 0.4) is 0 Å². The van der Waals surface area contributed by atoms with Crippen LogP contribution in [0.2, 0.25) is 0 Å². The molecular weight excluding hydrogens is 226 g/mol. The maximum Gasteiger partial charge on any atom is 0.259 e. The van der Waals surface area contributed by atoms with Gasteiger partial charge < -0.3 is 5.32 Å². The Morgan fingerprint density at radius 1 is 1.39 bits per heavy atom. The summed E-state index contributed by atoms with van der Waals surface area (Å²) < 4.78 is 0. The molecule has 0 radical (unpaired) electrons. The minimum absolute atomic E-state index is 0.121. The molecule has 0 saturated carbocycles. The number of aromatic amines is 1. The van der Waals surface area contributed by atoms with Crippen LogP contribution in [0.25, 0.3) is 0 Å². The summed E-state index contributed by atoms with van der Waals surface area (Å²) >= 11 is 0. The number of rotatable bonds is 4. The summed E-state index contributed by atoms with van der Waals surface area (Å²) in [5.74, 6) is -0.121. The van der Waals surface area contributed by atoms with Gasteiger partial charge in [-0.2, -0.15) is 5.10 Å². The van der Waals surface area contributed by atoms with Crippen molar-refractivity contribution in [2.45, 2.75) is 26.7 Å². The predicted molar refractivity (Wildman–Crippen MR) is 71.7 cm³/mol. The van der Waals surface area contributed by atoms with E-state index in [1.165, 1.54) is 0 Å². The normalized spacial score (nSPS) is 10.3. The number of anilines is 1. The molecule has 1 amide bonds. The molecule has 4 heteroatoms. The molecule has 0 atom stereocenters. The molecule has 2 N–H and O–H groups in total. The number of para-hydroxylation sites is 1. The van der Waals surface area contributed by atoms with Crippen LogP contribution in [0.15, 0.2) is 30.5 Å². The number of hydrogen-bond acceptors (Lipinski definition) is 2. The van der Waals surface area contributed by atoms with Gasteiger partial charge in [0.1, 0.15) is 0 Å². The lowest BCUT2D eigenvalue weighted by atomic mass is 10.1. The van der Waals surface area contributed by atoms with Gasteiger partial charge in [-0.3, -0.25) is 9.89 Å². The largest absolute Gasteiger partial charge is 0.322 e. The first-order chi connectivity index (χ1) is 8.72. The summed E-state index contributed by atoms with van der Waals surface area (Å²) in [6.45, 7) is 3.96. The van der Waals surface area contributed by atoms with E-state index < -0.39 is 0 Å². The van der Waals surface area contributed by atoms with E-state index in [1.54, 1.807) is 6.20 Å². The molecule has 0 spiro atoms. The number of carbonyl (C=O) groups is 1. The van der Waals surface area contributed by atoms with Gasteiger partial charge >= 0.3 is 0 Å². The van der Waals surface area contributed by atoms with Gasteiger partial charge in [-0.25, -0.2) is 0 Å². The van der Waals surface area contributed by atoms with Crippen molar-refractivity contribution in [3.8, 4) is 0 Å². The number of H-pyrrole nitrogens is 1. The monoisotopic (exact) mass is 243 g/mol. The van der Waals surface area contributed by atoms with E-state index in [-0.39, 0.29) is 5.91 Å². The lowest BCUT2D eigenvalue weighted by molar-refractivity contribution is 0.102. The van der Waals surface area contributed by atoms with Crippen LogP contribution in [0.4, 0.5) is 5.69 Å². The fourth-order valence-electron chi connectivity index (χ4n) is 1.90. The quantitative estimate of drug-likeness (QED) is 0.867. The maximum absolute atomic E-state index is 12.1. The third-order valence-electron chi connectivity index (χ3n) is 2.86. The molecule has 0 bridgehead atoms. The SMILES string of the molecule is CCCc1ccccc1NC(=O)c1cn[nH]c1C. The Labute approximate surface area is 106 Å². The van der Waals surface area contributed by atoms with Crippen molar-refractivity contribution >= 4 is 11.6 Å². The molecule has 0 saturated heterocycles. The van der Waals surface area contributed by atoms with Crippen LogP contribution >= 0.6 is 0 Å². The third kappa shape index (κ3) is 2.59. The zero-order chi connectivity index (χ0) is 13.0. The molecule has 18 heavy (non-hydrogen) atoms. The van der Waals surface area contributed by atoms with Crippen LogP contribution in [-0.2, 0) is 6.42 Å². The molecule has 0 aliphatic carbocycles. The minimum atomic E-state index is -0.121. The summed E-state index contributed by atoms with van der Waals surface area (Å²) in [6.07, 6.45) is 3.56. The van der Waals surface area contributed by atoms with Crippen LogP contribution in [0.5, 0.6) is 0 Å². The van der Waals surface area contributed by atoms with Gasteiger partial charge in [0.15, 0.2) is 0 Å². The highest BCUT2D eigenvalue weighted by molar-refractivity contribution is 6.05. The van der Waals surface area contributed by atoms with Crippen LogP contribution < -0.4 is 5.32 Å². The van der Waals surface area contributed by atoms with E-state index in [4.69, 9.17) is 0 Å². The molecule has 2 aromatic rings. The average molecular weight is 243 g/mol. The number of nitrogens with one attached hydrogen (secondary N) is 2. The number of benzene rings is 1. The van der Waals surface area contributed by atoms with Crippen LogP contribution in [0.1, 0.15) is 35.0 Å². The van der Waals surface area contributed by atoms with Gasteiger partial charge in [0.05, 0.1) is 11.8 Å². The molecule has 0 aliphatic rings. The predicted octanol–water partition coefficient (Wildman–Crippen LogP) is 2.92. The number of amides is 1. The standard InChI is InChI=1S/C14H17N3O/c1-3-6-11-7-4-5-8-13(11)16-14(18)12-9-15-17-10(12)2/h4-5,7-9H,3,6H2,1-2H3,(H,15,17)(H,16,18). The van der Waals surface area contributed by atoms with Crippen LogP contribution in [0, 0.1) is 6.92 Å². The van der Waals surface area contributed by atoms with E-state index in [9.17, 15) is 4.79 Å². The second kappa shape index (κ2) is 5.49. The number of hydrogen-bond donors (Lipinski definition) is 2. The van der Waals surface area contributed by atoms with Gasteiger partial charge in [-0.05, 0) is 25.0 Å². The Morgan fingerprint density at radius 3 is 2.83 bits per heavy atom. The first kappa shape index (κ1) is 12.4. The van der Waals surface area contributed by atoms with E-state index in [2.05, 4.69) is 22.4 Å². The Bertz CT molecular complexity index is 545. The lowest BCUT2D eigenvalue weighted by Gasteiger charge is -2.09. The van der Waals surface area contributed by atoms with Crippen molar-refractivity contribution in [1.82, 2.24) is 10.2 Å². The molecule has 1 aromatic carbocycles. The Balaban J connectivity index is 2.19. The van der Waals surface area contributed by atoms with Crippen molar-refractivity contribution < 1.29 is 4.79 Å². The lowest BCUT2D eigenvalue weighted by Crippen LogP contribution is -2.13. The molecule has 0 unspecified atom stereocenters. The third-order valence-corrected chi connectivity index (χ3v) is 2.86. The van der Waals surface area contributed by atoms with Crippen molar-refractivity contribution in [2.75, 3.05) is 5.32 Å². The van der Waals surface area contributed by atoms with Gasteiger partial charge in [-0.15, -0.1) is 0 Å². The topological polar surface area (TPSA) is 57.8 Å². The Hall–Kier alpha value is -2.10. The van der Waals surface area contributed by atoms with Crippen molar-refractivity contribution in [1.29, 1.82) is 0 Å². The second-order valence-electron chi connectivity index (χ2n) is 4.27. The molecule has 1 aromatic heterocycles. The second-order valence-corrected chi connectivity index (χ2v) is 4.27. The van der Waals surface area contributed by atoms with E-state index in [0.29, 0.717) is 5.56 Å². The highest BCUT2D eigenvalue weighted by atomic mass is 16.1. The smallest absolute Gasteiger partial charge is 0.259 e. The zero-order valence-corrected chi connectivity index (χ0v) is 10.7. The molecule has 1 heterocycles. The minimum Gasteiger partial charge on any atom is -0.322 e. The van der Waals surface area contributed by atoms with Gasteiger partial charge in [0, 0.05) is 11.4 Å². The summed E-state index contributed by atoms with van der Waals surface area (Å²) in [6, 6.07) is 7.89. The van der Waals surface area contributed by atoms with Gasteiger partial charge in [0.2, 0.25) is 0 Å². The van der Waals surface area contributed by atoms with Gasteiger partial charge in [0.25, 0.3) is 5.91 Å². The summed E-state index contributed by atoms with van der Waals surface area (Å²) in [5.41, 5.74) is 3.40. The maximum atomic E-state index is 12.1. The fourth-order valence-corrected chi connectivity index (χ4v) is 1.90. The number of carbonyl (C=O) groups excluding carboxylic acids is 1. The highest BCUT2D eigenvalue weighted by Gasteiger charge is 2.12. The van der Waals surface area contributed by atoms with Crippen molar-refractivity contribution in [2.24, 2.45) is 0 Å². The molecule has 2 rings (SSSR count). The van der Waals surface area contributed by atoms with Crippen LogP contribution in [-0.4, -0.2) is 16.1 Å². The highest BCUT2D eigenvalue weighted by Crippen LogP contribution is 2.18. The Morgan fingerprint density at radius 2 is 2.17 bits per heavy atom. The van der Waals surface area contributed by atoms with Gasteiger partial charge in [-0.1, -0.05) is 31.5 Å². The summed E-state index contributed by atoms with van der Waals surface area (Å²) in [4.78, 5) is 12.1. The molecule has 0 aliphatic heterocycles. The Kier molecular flexibility index (Phi) is 3.77. The molecule has 4 nitrogen and oxygen atoms in total. The summed E-state index contributed by atoms with van der Waals surface area (Å²) in [7, 11) is 0. The van der Waals surface area contributed by atoms with E-state index >= 15 is 0 Å². The number of nitrogens with zero attached hydrogens (tertiary/aromatic N) is 1. The number of aromatic nitrogens is 2. The molecule has 0 fully saturated rings. The van der Waals surface area contributed by atoms with E-state index in [0.717, 1.165) is 29.8 Å². The van der Waals surface area contributed by atoms with Crippen molar-refractivity contribution in [3.05, 3.63) is 47.3 Å². The fraction of sp³-hybridized carbons (Fsp3) is 0.286. The molecular formula is C14H17N3O. The first-order valence-corrected chi connectivity index (χ1v) is 6.11. The average Bonchev–Trinajstić information content (AvgIpc) is 2.78. The number of aryl methyl sites for hydroxylation is 2.